The van der Waals surface area contributed by atoms with Gasteiger partial charge in [-0.1, -0.05) is 0 Å². The Bertz CT molecular complexity index is 405. The molecule has 7 heteroatoms. The first-order chi connectivity index (χ1) is 12.7. The van der Waals surface area contributed by atoms with Gasteiger partial charge in [-0.05, 0) is 63.2 Å². The molecule has 4 nitrogen and oxygen atoms in total. The van der Waals surface area contributed by atoms with Crippen molar-refractivity contribution in [3.05, 3.63) is 0 Å². The van der Waals surface area contributed by atoms with E-state index in [9.17, 15) is 8.78 Å². The maximum Gasteiger partial charge on any atom is 0.156 e. The average Bonchev–Trinajstić information content (AvgIpc) is 3.31. The highest BCUT2D eigenvalue weighted by atomic mass is 32.2. The summed E-state index contributed by atoms with van der Waals surface area (Å²) in [5.74, 6) is 1.84. The van der Waals surface area contributed by atoms with Crippen LogP contribution in [0.4, 0.5) is 8.78 Å². The molecule has 2 saturated heterocycles. The number of hydrogen-bond donors (Lipinski definition) is 2. The van der Waals surface area contributed by atoms with Crippen molar-refractivity contribution in [3.8, 4) is 0 Å². The third kappa shape index (κ3) is 4.90. The van der Waals surface area contributed by atoms with E-state index in [1.807, 2.05) is 0 Å². The summed E-state index contributed by atoms with van der Waals surface area (Å²) in [5.41, 5.74) is 0.00882. The van der Waals surface area contributed by atoms with Crippen LogP contribution >= 0.6 is 11.8 Å². The van der Waals surface area contributed by atoms with Crippen molar-refractivity contribution in [2.24, 2.45) is 11.8 Å². The van der Waals surface area contributed by atoms with Crippen LogP contribution < -0.4 is 10.6 Å². The van der Waals surface area contributed by atoms with Gasteiger partial charge >= 0.3 is 0 Å². The van der Waals surface area contributed by atoms with E-state index in [0.717, 1.165) is 44.5 Å². The normalized spacial score (nSPS) is 47.3. The summed E-state index contributed by atoms with van der Waals surface area (Å²) >= 11 is 1.74. The van der Waals surface area contributed by atoms with Crippen LogP contribution in [-0.4, -0.2) is 55.2 Å². The van der Waals surface area contributed by atoms with Crippen molar-refractivity contribution in [1.82, 2.24) is 10.6 Å². The van der Waals surface area contributed by atoms with E-state index >= 15 is 0 Å². The van der Waals surface area contributed by atoms with Crippen LogP contribution in [-0.2, 0) is 9.47 Å². The van der Waals surface area contributed by atoms with Gasteiger partial charge < -0.3 is 9.47 Å². The Hall–Kier alpha value is 0.0500. The molecular formula is C19H32F2N2O2S. The number of ether oxygens (including phenoxy) is 2. The maximum absolute atomic E-state index is 13.3. The Morgan fingerprint density at radius 1 is 0.731 bits per heavy atom. The first-order valence-corrected chi connectivity index (χ1v) is 11.4. The third-order valence-electron chi connectivity index (χ3n) is 6.52. The van der Waals surface area contributed by atoms with E-state index in [-0.39, 0.29) is 24.0 Å². The molecule has 2 saturated carbocycles. The molecule has 150 valence electrons. The summed E-state index contributed by atoms with van der Waals surface area (Å²) in [6, 6.07) is 0. The first kappa shape index (κ1) is 19.4. The van der Waals surface area contributed by atoms with Gasteiger partial charge in [0.1, 0.15) is 18.6 Å². The second kappa shape index (κ2) is 9.03. The van der Waals surface area contributed by atoms with E-state index in [1.165, 1.54) is 0 Å². The van der Waals surface area contributed by atoms with Crippen LogP contribution in [0.15, 0.2) is 0 Å². The van der Waals surface area contributed by atoms with Crippen molar-refractivity contribution in [2.45, 2.75) is 87.7 Å². The summed E-state index contributed by atoms with van der Waals surface area (Å²) in [6.45, 7) is 1.74. The van der Waals surface area contributed by atoms with Crippen LogP contribution in [0.3, 0.4) is 0 Å². The van der Waals surface area contributed by atoms with Gasteiger partial charge in [-0.15, -0.1) is 11.8 Å². The predicted octanol–water partition coefficient (Wildman–Crippen LogP) is 3.36. The molecule has 4 rings (SSSR count). The molecule has 0 bridgehead atoms. The zero-order valence-electron chi connectivity index (χ0n) is 15.4. The molecule has 0 aromatic carbocycles. The average molecular weight is 391 g/mol. The van der Waals surface area contributed by atoms with E-state index in [4.69, 9.17) is 9.47 Å². The molecule has 0 radical (unpaired) electrons. The van der Waals surface area contributed by atoms with E-state index in [0.29, 0.717) is 37.5 Å². The SMILES string of the molecule is FC1CCC(C2CNC(CSC3NCC(C4CCC(F)CC4)O3)O2)CC1. The van der Waals surface area contributed by atoms with Gasteiger partial charge in [0.2, 0.25) is 0 Å². The molecule has 2 N–H and O–H groups in total. The van der Waals surface area contributed by atoms with Gasteiger partial charge in [-0.25, -0.2) is 8.78 Å². The fourth-order valence-corrected chi connectivity index (χ4v) is 5.83. The van der Waals surface area contributed by atoms with Crippen LogP contribution in [0.2, 0.25) is 0 Å². The molecule has 4 aliphatic rings. The second-order valence-corrected chi connectivity index (χ2v) is 9.44. The number of hydrogen-bond acceptors (Lipinski definition) is 5. The van der Waals surface area contributed by atoms with Crippen LogP contribution in [0.25, 0.3) is 0 Å². The number of alkyl halides is 2. The molecular weight excluding hydrogens is 358 g/mol. The van der Waals surface area contributed by atoms with Gasteiger partial charge in [0.05, 0.1) is 12.2 Å². The molecule has 4 atom stereocenters. The summed E-state index contributed by atoms with van der Waals surface area (Å²) in [4.78, 5) is 0. The lowest BCUT2D eigenvalue weighted by Crippen LogP contribution is -2.29. The maximum atomic E-state index is 13.3. The molecule has 0 aromatic heterocycles. The second-order valence-electron chi connectivity index (χ2n) is 8.34. The minimum Gasteiger partial charge on any atom is -0.358 e. The highest BCUT2D eigenvalue weighted by Crippen LogP contribution is 2.34. The Morgan fingerprint density at radius 3 is 1.88 bits per heavy atom. The monoisotopic (exact) mass is 390 g/mol. The van der Waals surface area contributed by atoms with Gasteiger partial charge in [0, 0.05) is 18.8 Å². The largest absolute Gasteiger partial charge is 0.358 e. The van der Waals surface area contributed by atoms with Crippen molar-refractivity contribution in [1.29, 1.82) is 0 Å². The van der Waals surface area contributed by atoms with Crippen molar-refractivity contribution < 1.29 is 18.3 Å². The fraction of sp³-hybridized carbons (Fsp3) is 1.00. The minimum absolute atomic E-state index is 0.00882. The summed E-state index contributed by atoms with van der Waals surface area (Å²) in [6.07, 6.45) is 5.84. The summed E-state index contributed by atoms with van der Waals surface area (Å²) in [5, 5.41) is 6.90. The molecule has 0 aromatic rings. The summed E-state index contributed by atoms with van der Waals surface area (Å²) in [7, 11) is 0. The Balaban J connectivity index is 1.14. The highest BCUT2D eigenvalue weighted by Gasteiger charge is 2.36. The number of nitrogens with one attached hydrogen (secondary N) is 2. The smallest absolute Gasteiger partial charge is 0.156 e. The zero-order valence-corrected chi connectivity index (χ0v) is 16.2. The number of thioether (sulfide) groups is 1. The molecule has 0 amide bonds. The highest BCUT2D eigenvalue weighted by molar-refractivity contribution is 7.99. The third-order valence-corrected chi connectivity index (χ3v) is 7.60. The zero-order chi connectivity index (χ0) is 17.9. The molecule has 2 aliphatic heterocycles. The Kier molecular flexibility index (Phi) is 6.73. The van der Waals surface area contributed by atoms with Gasteiger partial charge in [-0.3, -0.25) is 10.6 Å². The lowest BCUT2D eigenvalue weighted by Gasteiger charge is -2.28. The van der Waals surface area contributed by atoms with E-state index in [2.05, 4.69) is 10.6 Å². The van der Waals surface area contributed by atoms with Crippen LogP contribution in [0.1, 0.15) is 51.4 Å². The minimum atomic E-state index is -0.607. The molecule has 2 aliphatic carbocycles. The summed E-state index contributed by atoms with van der Waals surface area (Å²) < 4.78 is 38.9. The topological polar surface area (TPSA) is 42.5 Å². The van der Waals surface area contributed by atoms with Crippen LogP contribution in [0.5, 0.6) is 0 Å². The van der Waals surface area contributed by atoms with Gasteiger partial charge in [0.25, 0.3) is 0 Å². The molecule has 4 fully saturated rings. The molecule has 26 heavy (non-hydrogen) atoms. The number of halogens is 2. The van der Waals surface area contributed by atoms with Crippen molar-refractivity contribution in [2.75, 3.05) is 18.8 Å². The van der Waals surface area contributed by atoms with E-state index < -0.39 is 12.3 Å². The van der Waals surface area contributed by atoms with Crippen LogP contribution in [0, 0.1) is 11.8 Å². The molecule has 4 unspecified atom stereocenters. The van der Waals surface area contributed by atoms with Crippen molar-refractivity contribution in [3.63, 3.8) is 0 Å². The predicted molar refractivity (Wildman–Crippen MR) is 99.5 cm³/mol. The standard InChI is InChI=1S/C19H32F2N2O2S/c20-14-5-1-12(2-6-14)16-9-22-18(24-16)11-26-19-23-10-17(25-19)13-3-7-15(21)8-4-13/h12-19,22-23H,1-11H2. The van der Waals surface area contributed by atoms with Crippen molar-refractivity contribution >= 4 is 11.8 Å². The Labute approximate surface area is 159 Å². The van der Waals surface area contributed by atoms with Gasteiger partial charge in [0.15, 0.2) is 5.56 Å². The quantitative estimate of drug-likeness (QED) is 0.754. The molecule has 0 spiro atoms. The van der Waals surface area contributed by atoms with E-state index in [1.54, 1.807) is 11.8 Å². The number of rotatable bonds is 5. The lowest BCUT2D eigenvalue weighted by atomic mass is 9.84. The Morgan fingerprint density at radius 2 is 1.27 bits per heavy atom. The lowest BCUT2D eigenvalue weighted by molar-refractivity contribution is 0.00325. The fourth-order valence-electron chi connectivity index (χ4n) is 4.85. The molecule has 2 heterocycles. The first-order valence-electron chi connectivity index (χ1n) is 10.3. The van der Waals surface area contributed by atoms with Gasteiger partial charge in [-0.2, -0.15) is 0 Å².